The Morgan fingerprint density at radius 2 is 1.65 bits per heavy atom. The van der Waals surface area contributed by atoms with Crippen LogP contribution in [0.15, 0.2) is 72.9 Å². The van der Waals surface area contributed by atoms with Crippen LogP contribution in [0.4, 0.5) is 17.1 Å². The third kappa shape index (κ3) is 7.35. The van der Waals surface area contributed by atoms with Gasteiger partial charge in [-0.1, -0.05) is 12.1 Å². The van der Waals surface area contributed by atoms with Crippen LogP contribution >= 0.6 is 0 Å². The SMILES string of the molecule is COc1cc(N2CCC3(CCN(C(=O)c4ccc(N5CCN(Cc6cccc(NS(C)=O)c6)CC5)cc4)CC3)C2=O)ccc1/C(C=N)=C/N. The molecular weight excluding hydrogens is 639 g/mol. The molecule has 0 aliphatic carbocycles. The number of carbonyl (C=O) groups is 2. The van der Waals surface area contributed by atoms with Crippen molar-refractivity contribution < 1.29 is 18.5 Å². The van der Waals surface area contributed by atoms with E-state index in [4.69, 9.17) is 15.9 Å². The number of amides is 2. The highest BCUT2D eigenvalue weighted by molar-refractivity contribution is 7.85. The van der Waals surface area contributed by atoms with Crippen LogP contribution in [0.25, 0.3) is 5.57 Å². The number of benzene rings is 3. The molecule has 2 amide bonds. The first-order valence-corrected chi connectivity index (χ1v) is 18.3. The van der Waals surface area contributed by atoms with E-state index in [1.807, 2.05) is 64.4 Å². The molecule has 0 saturated carbocycles. The quantitative estimate of drug-likeness (QED) is 0.271. The first-order valence-electron chi connectivity index (χ1n) is 16.7. The van der Waals surface area contributed by atoms with Crippen LogP contribution in [-0.4, -0.2) is 91.2 Å². The molecule has 1 spiro atoms. The smallest absolute Gasteiger partial charge is 0.253 e. The standard InChI is InChI=1S/C37H45N7O4S/c1-48-34-23-32(10-11-33(34)29(24-38)25-39)44-17-14-37(36(44)46)12-15-43(16-13-37)35(45)28-6-8-31(9-7-28)42-20-18-41(19-21-42)26-27-4-3-5-30(22-27)40-49(2)47/h3-11,22-25,38,40H,12-21,26,39H2,1-2H3/b29-25+,38-24?. The lowest BCUT2D eigenvalue weighted by Gasteiger charge is -2.38. The van der Waals surface area contributed by atoms with Crippen LogP contribution in [0.2, 0.25) is 0 Å². The zero-order chi connectivity index (χ0) is 34.5. The van der Waals surface area contributed by atoms with Crippen LogP contribution < -0.4 is 25.0 Å². The fourth-order valence-corrected chi connectivity index (χ4v) is 7.75. The molecule has 3 aliphatic rings. The minimum Gasteiger partial charge on any atom is -0.496 e. The number of likely N-dealkylation sites (tertiary alicyclic amines) is 1. The molecule has 0 aromatic heterocycles. The Morgan fingerprint density at radius 3 is 2.31 bits per heavy atom. The number of rotatable bonds is 10. The first kappa shape index (κ1) is 34.2. The molecule has 3 aromatic carbocycles. The largest absolute Gasteiger partial charge is 0.496 e. The average Bonchev–Trinajstić information content (AvgIpc) is 3.43. The first-order chi connectivity index (χ1) is 23.7. The van der Waals surface area contributed by atoms with Crippen molar-refractivity contribution in [3.63, 3.8) is 0 Å². The van der Waals surface area contributed by atoms with Crippen molar-refractivity contribution in [1.29, 1.82) is 5.41 Å². The van der Waals surface area contributed by atoms with E-state index in [0.717, 1.165) is 56.2 Å². The van der Waals surface area contributed by atoms with Gasteiger partial charge in [0, 0.05) is 111 Å². The van der Waals surface area contributed by atoms with Gasteiger partial charge in [-0.2, -0.15) is 0 Å². The van der Waals surface area contributed by atoms with Crippen LogP contribution in [0.3, 0.4) is 0 Å². The molecule has 4 N–H and O–H groups in total. The van der Waals surface area contributed by atoms with Gasteiger partial charge in [0.1, 0.15) is 16.7 Å². The molecule has 6 rings (SSSR count). The minimum absolute atomic E-state index is 0.00688. The lowest BCUT2D eigenvalue weighted by Crippen LogP contribution is -2.46. The Labute approximate surface area is 290 Å². The molecule has 49 heavy (non-hydrogen) atoms. The molecule has 3 fully saturated rings. The minimum atomic E-state index is -1.10. The Balaban J connectivity index is 1.01. The van der Waals surface area contributed by atoms with Gasteiger partial charge in [-0.25, -0.2) is 4.21 Å². The molecule has 3 aliphatic heterocycles. The van der Waals surface area contributed by atoms with E-state index in [-0.39, 0.29) is 11.8 Å². The van der Waals surface area contributed by atoms with E-state index < -0.39 is 16.4 Å². The molecule has 1 unspecified atom stereocenters. The van der Waals surface area contributed by atoms with Crippen LogP contribution in [-0.2, 0) is 22.3 Å². The second-order valence-corrected chi connectivity index (χ2v) is 14.1. The highest BCUT2D eigenvalue weighted by atomic mass is 32.2. The second kappa shape index (κ2) is 14.8. The number of piperidine rings is 1. The number of piperazine rings is 1. The number of nitrogens with zero attached hydrogens (tertiary/aromatic N) is 4. The number of methoxy groups -OCH3 is 1. The predicted molar refractivity (Wildman–Crippen MR) is 197 cm³/mol. The molecule has 3 saturated heterocycles. The van der Waals surface area contributed by atoms with E-state index in [1.54, 1.807) is 13.4 Å². The summed E-state index contributed by atoms with van der Waals surface area (Å²) in [5.41, 5.74) is 11.1. The van der Waals surface area contributed by atoms with E-state index >= 15 is 0 Å². The summed E-state index contributed by atoms with van der Waals surface area (Å²) in [6.45, 7) is 6.21. The highest BCUT2D eigenvalue weighted by Crippen LogP contribution is 2.44. The van der Waals surface area contributed by atoms with Gasteiger partial charge >= 0.3 is 0 Å². The number of hydrogen-bond donors (Lipinski definition) is 3. The third-order valence-electron chi connectivity index (χ3n) is 10.1. The number of nitrogens with one attached hydrogen (secondary N) is 2. The summed E-state index contributed by atoms with van der Waals surface area (Å²) in [6, 6.07) is 21.6. The molecule has 12 heteroatoms. The van der Waals surface area contributed by atoms with Crippen LogP contribution in [0.5, 0.6) is 5.75 Å². The molecule has 0 bridgehead atoms. The van der Waals surface area contributed by atoms with Crippen molar-refractivity contribution in [3.05, 3.63) is 89.6 Å². The fourth-order valence-electron chi connectivity index (χ4n) is 7.29. The zero-order valence-electron chi connectivity index (χ0n) is 28.2. The zero-order valence-corrected chi connectivity index (χ0v) is 29.0. The lowest BCUT2D eigenvalue weighted by atomic mass is 9.77. The molecule has 0 radical (unpaired) electrons. The Bertz CT molecular complexity index is 1750. The Morgan fingerprint density at radius 1 is 0.959 bits per heavy atom. The summed E-state index contributed by atoms with van der Waals surface area (Å²) in [4.78, 5) is 35.8. The predicted octanol–water partition coefficient (Wildman–Crippen LogP) is 4.33. The number of anilines is 3. The van der Waals surface area contributed by atoms with Crippen molar-refractivity contribution in [2.75, 3.05) is 73.7 Å². The molecule has 11 nitrogen and oxygen atoms in total. The third-order valence-corrected chi connectivity index (χ3v) is 10.6. The van der Waals surface area contributed by atoms with Crippen molar-refractivity contribution in [3.8, 4) is 5.75 Å². The summed E-state index contributed by atoms with van der Waals surface area (Å²) >= 11 is 0. The van der Waals surface area contributed by atoms with Crippen molar-refractivity contribution in [2.45, 2.75) is 25.8 Å². The van der Waals surface area contributed by atoms with E-state index in [1.165, 1.54) is 18.0 Å². The second-order valence-electron chi connectivity index (χ2n) is 13.0. The maximum Gasteiger partial charge on any atom is 0.253 e. The van der Waals surface area contributed by atoms with Gasteiger partial charge in [0.05, 0.1) is 12.5 Å². The number of ether oxygens (including phenoxy) is 1. The summed E-state index contributed by atoms with van der Waals surface area (Å²) < 4.78 is 20.1. The van der Waals surface area contributed by atoms with Crippen molar-refractivity contribution in [2.24, 2.45) is 11.1 Å². The van der Waals surface area contributed by atoms with Gasteiger partial charge in [0.25, 0.3) is 5.91 Å². The summed E-state index contributed by atoms with van der Waals surface area (Å²) in [5.74, 6) is 0.663. The molecular formula is C37H45N7O4S. The fraction of sp³-hybridized carbons (Fsp3) is 0.378. The molecule has 3 aromatic rings. The summed E-state index contributed by atoms with van der Waals surface area (Å²) in [6.07, 6.45) is 6.20. The normalized spacial score (nSPS) is 18.9. The average molecular weight is 684 g/mol. The van der Waals surface area contributed by atoms with E-state index in [2.05, 4.69) is 26.7 Å². The number of carbonyl (C=O) groups excluding carboxylic acids is 2. The van der Waals surface area contributed by atoms with E-state index in [9.17, 15) is 13.8 Å². The maximum absolute atomic E-state index is 13.8. The highest BCUT2D eigenvalue weighted by Gasteiger charge is 2.49. The van der Waals surface area contributed by atoms with Gasteiger partial charge in [-0.3, -0.25) is 14.5 Å². The lowest BCUT2D eigenvalue weighted by molar-refractivity contribution is -0.127. The molecule has 1 atom stereocenters. The summed E-state index contributed by atoms with van der Waals surface area (Å²) in [5, 5.41) is 7.63. The molecule has 3 heterocycles. The van der Waals surface area contributed by atoms with Crippen molar-refractivity contribution >= 4 is 51.6 Å². The van der Waals surface area contributed by atoms with Crippen molar-refractivity contribution in [1.82, 2.24) is 9.80 Å². The maximum atomic E-state index is 13.8. The van der Waals surface area contributed by atoms with Gasteiger partial charge in [0.2, 0.25) is 5.91 Å². The van der Waals surface area contributed by atoms with Gasteiger partial charge in [0.15, 0.2) is 0 Å². The monoisotopic (exact) mass is 683 g/mol. The van der Waals surface area contributed by atoms with Gasteiger partial charge in [-0.15, -0.1) is 0 Å². The Hall–Kier alpha value is -4.68. The topological polar surface area (TPSA) is 135 Å². The number of hydrogen-bond acceptors (Lipinski definition) is 8. The molecule has 258 valence electrons. The van der Waals surface area contributed by atoms with Crippen LogP contribution in [0.1, 0.15) is 40.7 Å². The number of allylic oxidation sites excluding steroid dienone is 1. The number of nitrogens with two attached hydrogens (primary N) is 1. The van der Waals surface area contributed by atoms with Gasteiger partial charge < -0.3 is 35.3 Å². The van der Waals surface area contributed by atoms with Gasteiger partial charge in [-0.05, 0) is 73.4 Å². The van der Waals surface area contributed by atoms with Crippen LogP contribution in [0, 0.1) is 10.8 Å². The summed E-state index contributed by atoms with van der Waals surface area (Å²) in [7, 11) is 0.469. The Kier molecular flexibility index (Phi) is 10.4. The van der Waals surface area contributed by atoms with E-state index in [0.29, 0.717) is 54.9 Å².